The normalized spacial score (nSPS) is 13.8. The zero-order chi connectivity index (χ0) is 25.9. The summed E-state index contributed by atoms with van der Waals surface area (Å²) in [6.07, 6.45) is 7.28. The van der Waals surface area contributed by atoms with Crippen molar-refractivity contribution in [3.05, 3.63) is 58.7 Å². The van der Waals surface area contributed by atoms with Gasteiger partial charge in [0.1, 0.15) is 16.8 Å². The van der Waals surface area contributed by atoms with Crippen LogP contribution in [0.15, 0.2) is 42.6 Å². The molecule has 0 saturated carbocycles. The topological polar surface area (TPSA) is 82.8 Å². The largest absolute Gasteiger partial charge is 0.493 e. The summed E-state index contributed by atoms with van der Waals surface area (Å²) in [6, 6.07) is 11.1. The Bertz CT molecular complexity index is 1400. The van der Waals surface area contributed by atoms with Crippen LogP contribution < -0.4 is 14.2 Å². The minimum absolute atomic E-state index is 0.495. The maximum absolute atomic E-state index is 11.4. The molecule has 2 aromatic carbocycles. The predicted molar refractivity (Wildman–Crippen MR) is 145 cm³/mol. The second-order valence-electron chi connectivity index (χ2n) is 9.42. The fourth-order valence-electron chi connectivity index (χ4n) is 4.76. The molecular formula is C29H32N2O5S. The first-order valence-electron chi connectivity index (χ1n) is 12.7. The molecule has 0 saturated heterocycles. The lowest BCUT2D eigenvalue weighted by Crippen LogP contribution is -2.14. The molecule has 37 heavy (non-hydrogen) atoms. The van der Waals surface area contributed by atoms with E-state index in [1.807, 2.05) is 49.5 Å². The molecule has 0 aliphatic heterocycles. The lowest BCUT2D eigenvalue weighted by atomic mass is 10.0. The number of benzene rings is 2. The third-order valence-corrected chi connectivity index (χ3v) is 8.06. The van der Waals surface area contributed by atoms with Gasteiger partial charge in [0.2, 0.25) is 0 Å². The second kappa shape index (κ2) is 10.8. The number of hydrogen-bond donors (Lipinski definition) is 1. The molecule has 8 heteroatoms. The van der Waals surface area contributed by atoms with Gasteiger partial charge >= 0.3 is 5.97 Å². The fourth-order valence-corrected chi connectivity index (χ4v) is 5.91. The van der Waals surface area contributed by atoms with E-state index in [4.69, 9.17) is 19.2 Å². The number of nitrogens with zero attached hydrogens (tertiary/aromatic N) is 2. The van der Waals surface area contributed by atoms with E-state index < -0.39 is 12.0 Å². The zero-order valence-electron chi connectivity index (χ0n) is 21.5. The number of methoxy groups -OCH3 is 1. The molecule has 2 heterocycles. The molecule has 1 aliphatic carbocycles. The van der Waals surface area contributed by atoms with Crippen LogP contribution in [0.5, 0.6) is 17.2 Å². The molecule has 1 atom stereocenters. The highest BCUT2D eigenvalue weighted by Gasteiger charge is 2.18. The van der Waals surface area contributed by atoms with Crippen molar-refractivity contribution < 1.29 is 24.1 Å². The van der Waals surface area contributed by atoms with Crippen molar-refractivity contribution in [1.29, 1.82) is 0 Å². The van der Waals surface area contributed by atoms with E-state index in [0.29, 0.717) is 31.1 Å². The van der Waals surface area contributed by atoms with Crippen molar-refractivity contribution in [3.63, 3.8) is 0 Å². The van der Waals surface area contributed by atoms with Crippen LogP contribution in [0.1, 0.15) is 48.4 Å². The van der Waals surface area contributed by atoms with Crippen molar-refractivity contribution in [3.8, 4) is 27.8 Å². The maximum atomic E-state index is 11.4. The van der Waals surface area contributed by atoms with Crippen LogP contribution in [-0.2, 0) is 17.6 Å². The van der Waals surface area contributed by atoms with Crippen molar-refractivity contribution >= 4 is 28.2 Å². The SMILES string of the molecule is COc1cc(-c2nc3c(s2)CCCC3)ccc1OCCCOc1ccc2c(c1)c(C)cn2C(C)C(=O)O. The molecule has 2 aromatic heterocycles. The van der Waals surface area contributed by atoms with Gasteiger partial charge in [-0.1, -0.05) is 0 Å². The molecule has 1 unspecified atom stereocenters. The highest BCUT2D eigenvalue weighted by molar-refractivity contribution is 7.15. The Morgan fingerprint density at radius 2 is 1.92 bits per heavy atom. The van der Waals surface area contributed by atoms with Gasteiger partial charge in [-0.05, 0) is 81.5 Å². The van der Waals surface area contributed by atoms with Gasteiger partial charge in [-0.2, -0.15) is 0 Å². The smallest absolute Gasteiger partial charge is 0.326 e. The first-order valence-corrected chi connectivity index (χ1v) is 13.5. The van der Waals surface area contributed by atoms with E-state index in [2.05, 4.69) is 0 Å². The lowest BCUT2D eigenvalue weighted by Gasteiger charge is -2.13. The van der Waals surface area contributed by atoms with E-state index in [9.17, 15) is 9.90 Å². The molecule has 7 nitrogen and oxygen atoms in total. The number of hydrogen-bond acceptors (Lipinski definition) is 6. The Labute approximate surface area is 220 Å². The third kappa shape index (κ3) is 5.30. The molecule has 0 spiro atoms. The minimum Gasteiger partial charge on any atom is -0.493 e. The average molecular weight is 521 g/mol. The standard InChI is InChI=1S/C29H32N2O5S/c1-18-17-31(19(2)29(32)33)24-11-10-21(16-22(18)24)35-13-6-14-36-25-12-9-20(15-26(25)34-3)28-30-23-7-4-5-8-27(23)37-28/h9-12,15-17,19H,4-8,13-14H2,1-3H3,(H,32,33). The molecule has 0 radical (unpaired) electrons. The Kier molecular flexibility index (Phi) is 7.37. The number of carboxylic acid groups (broad SMARTS) is 1. The molecule has 1 N–H and O–H groups in total. The summed E-state index contributed by atoms with van der Waals surface area (Å²) < 4.78 is 19.3. The summed E-state index contributed by atoms with van der Waals surface area (Å²) >= 11 is 1.79. The van der Waals surface area contributed by atoms with E-state index in [0.717, 1.165) is 45.6 Å². The first kappa shape index (κ1) is 25.1. The van der Waals surface area contributed by atoms with Crippen molar-refractivity contribution in [1.82, 2.24) is 9.55 Å². The molecule has 194 valence electrons. The number of carbonyl (C=O) groups is 1. The lowest BCUT2D eigenvalue weighted by molar-refractivity contribution is -0.140. The molecule has 5 rings (SSSR count). The zero-order valence-corrected chi connectivity index (χ0v) is 22.3. The number of thiazole rings is 1. The van der Waals surface area contributed by atoms with Crippen LogP contribution in [0, 0.1) is 6.92 Å². The van der Waals surface area contributed by atoms with Crippen molar-refractivity contribution in [2.45, 2.75) is 52.0 Å². The summed E-state index contributed by atoms with van der Waals surface area (Å²) in [5, 5.41) is 11.4. The van der Waals surface area contributed by atoms with Crippen LogP contribution in [0.4, 0.5) is 0 Å². The first-order chi connectivity index (χ1) is 17.9. The molecule has 0 amide bonds. The Hall–Kier alpha value is -3.52. The van der Waals surface area contributed by atoms with Crippen LogP contribution in [0.3, 0.4) is 0 Å². The third-order valence-electron chi connectivity index (χ3n) is 6.85. The molecular weight excluding hydrogens is 488 g/mol. The predicted octanol–water partition coefficient (Wildman–Crippen LogP) is 6.45. The number of ether oxygens (including phenoxy) is 3. The number of carboxylic acids is 1. The summed E-state index contributed by atoms with van der Waals surface area (Å²) in [5.41, 5.74) is 4.22. The van der Waals surface area contributed by atoms with Gasteiger partial charge in [0.05, 0.1) is 26.0 Å². The summed E-state index contributed by atoms with van der Waals surface area (Å²) in [5.74, 6) is 1.31. The molecule has 0 bridgehead atoms. The van der Waals surface area contributed by atoms with Gasteiger partial charge in [0, 0.05) is 34.0 Å². The Balaban J connectivity index is 1.17. The van der Waals surface area contributed by atoms with Gasteiger partial charge in [0.15, 0.2) is 11.5 Å². The average Bonchev–Trinajstić information content (AvgIpc) is 3.49. The summed E-state index contributed by atoms with van der Waals surface area (Å²) in [7, 11) is 1.66. The highest BCUT2D eigenvalue weighted by atomic mass is 32.1. The summed E-state index contributed by atoms with van der Waals surface area (Å²) in [4.78, 5) is 17.7. The van der Waals surface area contributed by atoms with Gasteiger partial charge in [-0.25, -0.2) is 9.78 Å². The molecule has 0 fully saturated rings. The number of rotatable bonds is 10. The van der Waals surface area contributed by atoms with Gasteiger partial charge in [0.25, 0.3) is 0 Å². The van der Waals surface area contributed by atoms with E-state index >= 15 is 0 Å². The van der Waals surface area contributed by atoms with E-state index in [1.54, 1.807) is 29.9 Å². The summed E-state index contributed by atoms with van der Waals surface area (Å²) in [6.45, 7) is 4.66. The van der Waals surface area contributed by atoms with Crippen LogP contribution in [0.2, 0.25) is 0 Å². The van der Waals surface area contributed by atoms with Crippen LogP contribution in [0.25, 0.3) is 21.5 Å². The number of aromatic nitrogens is 2. The Morgan fingerprint density at radius 1 is 1.11 bits per heavy atom. The quantitative estimate of drug-likeness (QED) is 0.242. The van der Waals surface area contributed by atoms with Crippen LogP contribution >= 0.6 is 11.3 Å². The molecule has 4 aromatic rings. The minimum atomic E-state index is -0.856. The number of aliphatic carboxylic acids is 1. The monoisotopic (exact) mass is 520 g/mol. The molecule has 1 aliphatic rings. The number of aryl methyl sites for hydroxylation is 3. The van der Waals surface area contributed by atoms with Crippen molar-refractivity contribution in [2.75, 3.05) is 20.3 Å². The van der Waals surface area contributed by atoms with E-state index in [1.165, 1.54) is 23.4 Å². The van der Waals surface area contributed by atoms with E-state index in [-0.39, 0.29) is 0 Å². The Morgan fingerprint density at radius 3 is 2.70 bits per heavy atom. The second-order valence-corrected chi connectivity index (χ2v) is 10.5. The highest BCUT2D eigenvalue weighted by Crippen LogP contribution is 2.37. The van der Waals surface area contributed by atoms with Gasteiger partial charge < -0.3 is 23.9 Å². The fraction of sp³-hybridized carbons (Fsp3) is 0.379. The van der Waals surface area contributed by atoms with Crippen molar-refractivity contribution in [2.24, 2.45) is 0 Å². The van der Waals surface area contributed by atoms with Crippen LogP contribution in [-0.4, -0.2) is 41.0 Å². The van der Waals surface area contributed by atoms with Gasteiger partial charge in [-0.15, -0.1) is 11.3 Å². The van der Waals surface area contributed by atoms with Gasteiger partial charge in [-0.3, -0.25) is 0 Å². The number of fused-ring (bicyclic) bond motifs is 2. The maximum Gasteiger partial charge on any atom is 0.326 e.